The lowest BCUT2D eigenvalue weighted by molar-refractivity contribution is -0.632. The Balaban J connectivity index is 1.64. The molecule has 0 radical (unpaired) electrons. The third kappa shape index (κ3) is 3.78. The van der Waals surface area contributed by atoms with E-state index < -0.39 is 6.04 Å². The third-order valence-corrected chi connectivity index (χ3v) is 6.29. The van der Waals surface area contributed by atoms with E-state index in [2.05, 4.69) is 23.4 Å². The van der Waals surface area contributed by atoms with Gasteiger partial charge in [-0.2, -0.15) is 0 Å². The van der Waals surface area contributed by atoms with Crippen LogP contribution in [-0.2, 0) is 11.2 Å². The van der Waals surface area contributed by atoms with Crippen LogP contribution < -0.4 is 16.0 Å². The first kappa shape index (κ1) is 20.0. The van der Waals surface area contributed by atoms with Gasteiger partial charge in [0, 0.05) is 46.2 Å². The number of nitrogens with zero attached hydrogens (tertiary/aromatic N) is 1. The van der Waals surface area contributed by atoms with Gasteiger partial charge in [0.15, 0.2) is 0 Å². The number of rotatable bonds is 5. The maximum absolute atomic E-state index is 13.5. The predicted molar refractivity (Wildman–Crippen MR) is 118 cm³/mol. The molecule has 1 amide bonds. The van der Waals surface area contributed by atoms with Crippen LogP contribution in [0.5, 0.6) is 0 Å². The minimum Gasteiger partial charge on any atom is -0.361 e. The Morgan fingerprint density at radius 2 is 2.14 bits per heavy atom. The number of halogens is 1. The number of nitrogens with two attached hydrogens (primary N) is 2. The number of aromatic nitrogens is 1. The highest BCUT2D eigenvalue weighted by Crippen LogP contribution is 2.34. The number of carbonyl (C=O) groups excluding carboxylic acids is 1. The minimum atomic E-state index is -0.623. The van der Waals surface area contributed by atoms with E-state index in [0.717, 1.165) is 40.7 Å². The molecular weight excluding hydrogens is 384 g/mol. The van der Waals surface area contributed by atoms with Gasteiger partial charge in [0.2, 0.25) is 5.91 Å². The summed E-state index contributed by atoms with van der Waals surface area (Å²) in [5, 5.41) is 3.98. The molecule has 5 nitrogen and oxygen atoms in total. The zero-order valence-corrected chi connectivity index (χ0v) is 17.6. The van der Waals surface area contributed by atoms with Crippen molar-refractivity contribution in [3.8, 4) is 0 Å². The highest BCUT2D eigenvalue weighted by atomic mass is 35.5. The van der Waals surface area contributed by atoms with Crippen LogP contribution in [0, 0.1) is 5.92 Å². The number of carbonyl (C=O) groups is 1. The quantitative estimate of drug-likeness (QED) is 0.603. The number of benzene rings is 2. The second-order valence-corrected chi connectivity index (χ2v) is 8.48. The number of amides is 1. The molecule has 0 fully saturated rings. The van der Waals surface area contributed by atoms with Crippen molar-refractivity contribution in [1.29, 1.82) is 0 Å². The summed E-state index contributed by atoms with van der Waals surface area (Å²) >= 11 is 6.23. The lowest BCUT2D eigenvalue weighted by atomic mass is 9.89. The average Bonchev–Trinajstić information content (AvgIpc) is 3.15. The number of nitrogens with one attached hydrogen (secondary N) is 1. The lowest BCUT2D eigenvalue weighted by Crippen LogP contribution is -2.82. The van der Waals surface area contributed by atoms with Crippen LogP contribution in [0.3, 0.4) is 0 Å². The molecule has 2 heterocycles. The van der Waals surface area contributed by atoms with Crippen LogP contribution in [-0.4, -0.2) is 37.1 Å². The summed E-state index contributed by atoms with van der Waals surface area (Å²) in [5.74, 6) is 0.241. The highest BCUT2D eigenvalue weighted by Gasteiger charge is 2.34. The van der Waals surface area contributed by atoms with E-state index in [1.54, 1.807) is 0 Å². The van der Waals surface area contributed by atoms with Gasteiger partial charge in [-0.05, 0) is 41.8 Å². The molecule has 0 saturated carbocycles. The van der Waals surface area contributed by atoms with Crippen molar-refractivity contribution >= 4 is 34.1 Å². The molecule has 2 aromatic carbocycles. The number of fused-ring (bicyclic) bond motifs is 2. The van der Waals surface area contributed by atoms with E-state index in [-0.39, 0.29) is 11.8 Å². The van der Waals surface area contributed by atoms with E-state index in [9.17, 15) is 4.79 Å². The van der Waals surface area contributed by atoms with Crippen molar-refractivity contribution in [2.45, 2.75) is 25.3 Å². The van der Waals surface area contributed by atoms with Gasteiger partial charge in [-0.25, -0.2) is 0 Å². The molecule has 5 N–H and O–H groups in total. The SMILES string of the molecule is C[NH2+]C[C@H]1Cc2cc(Cl)ccc2N(C(=O)[C@H](N)[C@@H](C)c2c[nH]c3ccccc23)C1. The smallest absolute Gasteiger partial charge is 0.244 e. The molecule has 1 aromatic heterocycles. The summed E-state index contributed by atoms with van der Waals surface area (Å²) in [7, 11) is 2.06. The predicted octanol–water partition coefficient (Wildman–Crippen LogP) is 2.65. The molecular formula is C23H28ClN4O+. The third-order valence-electron chi connectivity index (χ3n) is 6.05. The second-order valence-electron chi connectivity index (χ2n) is 8.04. The van der Waals surface area contributed by atoms with E-state index >= 15 is 0 Å². The Kier molecular flexibility index (Phi) is 5.63. The molecule has 6 heteroatoms. The molecule has 3 atom stereocenters. The number of H-pyrrole nitrogens is 1. The van der Waals surface area contributed by atoms with Crippen LogP contribution in [0.1, 0.15) is 24.0 Å². The summed E-state index contributed by atoms with van der Waals surface area (Å²) in [5.41, 5.74) is 10.7. The van der Waals surface area contributed by atoms with Gasteiger partial charge in [-0.3, -0.25) is 4.79 Å². The van der Waals surface area contributed by atoms with Gasteiger partial charge in [0.1, 0.15) is 0 Å². The van der Waals surface area contributed by atoms with E-state index in [1.165, 1.54) is 0 Å². The molecule has 1 aliphatic heterocycles. The standard InChI is InChI=1S/C23H27ClN4O/c1-14(19-12-27-20-6-4-3-5-18(19)20)22(25)23(29)28-13-15(11-26-2)9-16-10-17(24)7-8-21(16)28/h3-8,10,12,14-15,22,26-27H,9,11,13,25H2,1-2H3/p+1/t14-,15+,22+/m0/s1. The van der Waals surface area contributed by atoms with Gasteiger partial charge >= 0.3 is 0 Å². The Bertz CT molecular complexity index is 1030. The Hall–Kier alpha value is -2.34. The number of anilines is 1. The molecule has 3 aromatic rings. The Morgan fingerprint density at radius 1 is 1.34 bits per heavy atom. The van der Waals surface area contributed by atoms with Crippen LogP contribution in [0.2, 0.25) is 5.02 Å². The first-order valence-corrected chi connectivity index (χ1v) is 10.6. The number of aromatic amines is 1. The first-order chi connectivity index (χ1) is 14.0. The molecule has 0 spiro atoms. The molecule has 0 saturated heterocycles. The van der Waals surface area contributed by atoms with Gasteiger partial charge < -0.3 is 20.9 Å². The highest BCUT2D eigenvalue weighted by molar-refractivity contribution is 6.30. The molecule has 152 valence electrons. The number of quaternary nitrogens is 1. The van der Waals surface area contributed by atoms with E-state index in [1.807, 2.05) is 54.4 Å². The lowest BCUT2D eigenvalue weighted by Gasteiger charge is -2.36. The molecule has 1 aliphatic rings. The summed E-state index contributed by atoms with van der Waals surface area (Å²) in [6.07, 6.45) is 2.90. The van der Waals surface area contributed by atoms with Crippen molar-refractivity contribution < 1.29 is 10.1 Å². The monoisotopic (exact) mass is 411 g/mol. The number of hydrogen-bond acceptors (Lipinski definition) is 2. The summed E-state index contributed by atoms with van der Waals surface area (Å²) in [6, 6.07) is 13.3. The molecule has 0 aliphatic carbocycles. The van der Waals surface area contributed by atoms with Crippen molar-refractivity contribution in [3.63, 3.8) is 0 Å². The first-order valence-electron chi connectivity index (χ1n) is 10.2. The fourth-order valence-corrected chi connectivity index (χ4v) is 4.67. The summed E-state index contributed by atoms with van der Waals surface area (Å²) < 4.78 is 0. The average molecular weight is 412 g/mol. The van der Waals surface area contributed by atoms with Crippen molar-refractivity contribution in [2.75, 3.05) is 25.0 Å². The van der Waals surface area contributed by atoms with Crippen LogP contribution >= 0.6 is 11.6 Å². The zero-order chi connectivity index (χ0) is 20.5. The fraction of sp³-hybridized carbons (Fsp3) is 0.348. The van der Waals surface area contributed by atoms with Crippen LogP contribution in [0.4, 0.5) is 5.69 Å². The van der Waals surface area contributed by atoms with Crippen molar-refractivity contribution in [2.24, 2.45) is 11.7 Å². The topological polar surface area (TPSA) is 78.7 Å². The molecule has 29 heavy (non-hydrogen) atoms. The van der Waals surface area contributed by atoms with Gasteiger partial charge in [-0.1, -0.05) is 36.7 Å². The van der Waals surface area contributed by atoms with Gasteiger partial charge in [-0.15, -0.1) is 0 Å². The van der Waals surface area contributed by atoms with Crippen molar-refractivity contribution in [3.05, 3.63) is 64.8 Å². The molecule has 0 unspecified atom stereocenters. The normalized spacial score (nSPS) is 18.5. The molecule has 4 rings (SSSR count). The second kappa shape index (κ2) is 8.19. The Labute approximate surface area is 176 Å². The van der Waals surface area contributed by atoms with Crippen molar-refractivity contribution in [1.82, 2.24) is 4.98 Å². The number of para-hydroxylation sites is 1. The maximum atomic E-state index is 13.5. The van der Waals surface area contributed by atoms with Crippen LogP contribution in [0.15, 0.2) is 48.7 Å². The van der Waals surface area contributed by atoms with E-state index in [4.69, 9.17) is 17.3 Å². The van der Waals surface area contributed by atoms with Gasteiger partial charge in [0.05, 0.1) is 19.6 Å². The summed E-state index contributed by atoms with van der Waals surface area (Å²) in [6.45, 7) is 3.68. The zero-order valence-electron chi connectivity index (χ0n) is 16.9. The van der Waals surface area contributed by atoms with E-state index in [0.29, 0.717) is 17.5 Å². The Morgan fingerprint density at radius 3 is 2.93 bits per heavy atom. The van der Waals surface area contributed by atoms with Gasteiger partial charge in [0.25, 0.3) is 0 Å². The number of hydrogen-bond donors (Lipinski definition) is 3. The fourth-order valence-electron chi connectivity index (χ4n) is 4.47. The minimum absolute atomic E-state index is 0.0350. The summed E-state index contributed by atoms with van der Waals surface area (Å²) in [4.78, 5) is 18.7. The largest absolute Gasteiger partial charge is 0.361 e. The maximum Gasteiger partial charge on any atom is 0.244 e. The van der Waals surface area contributed by atoms with Crippen LogP contribution in [0.25, 0.3) is 10.9 Å². The molecule has 0 bridgehead atoms.